The van der Waals surface area contributed by atoms with E-state index in [1.807, 2.05) is 0 Å². The SMILES string of the molecule is O=C(O)c1cn(Br)c2ccccc2c1=O. The van der Waals surface area contributed by atoms with E-state index in [1.54, 1.807) is 24.3 Å². The fourth-order valence-corrected chi connectivity index (χ4v) is 1.90. The first-order valence-corrected chi connectivity index (χ1v) is 4.86. The lowest BCUT2D eigenvalue weighted by Gasteiger charge is -2.03. The number of aromatic carboxylic acids is 1. The minimum Gasteiger partial charge on any atom is -0.477 e. The van der Waals surface area contributed by atoms with E-state index < -0.39 is 11.4 Å². The molecule has 0 aliphatic carbocycles. The number of para-hydroxylation sites is 1. The van der Waals surface area contributed by atoms with Crippen molar-refractivity contribution in [2.45, 2.75) is 0 Å². The summed E-state index contributed by atoms with van der Waals surface area (Å²) in [6.45, 7) is 0. The number of carboxylic acids is 1. The van der Waals surface area contributed by atoms with Gasteiger partial charge in [0.1, 0.15) is 5.56 Å². The third-order valence-corrected chi connectivity index (χ3v) is 2.68. The second-order valence-corrected chi connectivity index (χ2v) is 3.77. The number of carboxylic acid groups (broad SMARTS) is 1. The van der Waals surface area contributed by atoms with Crippen molar-refractivity contribution in [1.82, 2.24) is 3.59 Å². The molecule has 0 aliphatic rings. The van der Waals surface area contributed by atoms with Gasteiger partial charge in [0.15, 0.2) is 0 Å². The van der Waals surface area contributed by atoms with E-state index in [1.165, 1.54) is 9.79 Å². The second kappa shape index (κ2) is 3.51. The number of carbonyl (C=O) groups is 1. The van der Waals surface area contributed by atoms with Gasteiger partial charge in [0.05, 0.1) is 21.7 Å². The normalized spacial score (nSPS) is 10.5. The van der Waals surface area contributed by atoms with Gasteiger partial charge in [-0.1, -0.05) is 12.1 Å². The maximum absolute atomic E-state index is 11.7. The van der Waals surface area contributed by atoms with E-state index in [0.29, 0.717) is 10.9 Å². The van der Waals surface area contributed by atoms with Gasteiger partial charge in [0, 0.05) is 11.6 Å². The summed E-state index contributed by atoms with van der Waals surface area (Å²) in [5.74, 6) is -1.22. The molecule has 1 N–H and O–H groups in total. The van der Waals surface area contributed by atoms with Crippen molar-refractivity contribution in [2.24, 2.45) is 0 Å². The van der Waals surface area contributed by atoms with Crippen LogP contribution in [0, 0.1) is 0 Å². The Morgan fingerprint density at radius 1 is 1.33 bits per heavy atom. The standard InChI is InChI=1S/C10H6BrNO3/c11-12-5-7(10(14)15)9(13)6-3-1-2-4-8(6)12/h1-5H,(H,14,15). The lowest BCUT2D eigenvalue weighted by molar-refractivity contribution is 0.0695. The Morgan fingerprint density at radius 3 is 2.67 bits per heavy atom. The van der Waals surface area contributed by atoms with Crippen LogP contribution in [0.1, 0.15) is 10.4 Å². The first kappa shape index (κ1) is 9.92. The zero-order chi connectivity index (χ0) is 11.0. The number of rotatable bonds is 1. The van der Waals surface area contributed by atoms with Gasteiger partial charge < -0.3 is 5.11 Å². The highest BCUT2D eigenvalue weighted by atomic mass is 79.9. The molecule has 1 aromatic carbocycles. The van der Waals surface area contributed by atoms with Gasteiger partial charge in [-0.25, -0.2) is 4.79 Å². The number of fused-ring (bicyclic) bond motifs is 1. The molecule has 0 spiro atoms. The van der Waals surface area contributed by atoms with Crippen LogP contribution in [0.15, 0.2) is 35.3 Å². The third-order valence-electron chi connectivity index (χ3n) is 2.10. The van der Waals surface area contributed by atoms with E-state index in [4.69, 9.17) is 5.11 Å². The predicted octanol–water partition coefficient (Wildman–Crippen LogP) is 1.86. The average Bonchev–Trinajstić information content (AvgIpc) is 2.23. The summed E-state index contributed by atoms with van der Waals surface area (Å²) in [5.41, 5.74) is -0.0631. The Balaban J connectivity index is 2.97. The van der Waals surface area contributed by atoms with E-state index in [-0.39, 0.29) is 5.56 Å². The lowest BCUT2D eigenvalue weighted by Crippen LogP contribution is -2.16. The molecule has 0 fully saturated rings. The van der Waals surface area contributed by atoms with Crippen LogP contribution in [0.4, 0.5) is 0 Å². The molecule has 0 radical (unpaired) electrons. The largest absolute Gasteiger partial charge is 0.477 e. The van der Waals surface area contributed by atoms with Crippen molar-refractivity contribution in [3.63, 3.8) is 0 Å². The van der Waals surface area contributed by atoms with Gasteiger partial charge in [0.2, 0.25) is 5.43 Å². The Hall–Kier alpha value is -1.62. The van der Waals surface area contributed by atoms with Crippen LogP contribution >= 0.6 is 16.1 Å². The number of nitrogens with zero attached hydrogens (tertiary/aromatic N) is 1. The van der Waals surface area contributed by atoms with Crippen LogP contribution in [0.25, 0.3) is 10.9 Å². The Kier molecular flexibility index (Phi) is 2.32. The summed E-state index contributed by atoms with van der Waals surface area (Å²) in [6.07, 6.45) is 1.26. The fraction of sp³-hybridized carbons (Fsp3) is 0. The van der Waals surface area contributed by atoms with Crippen LogP contribution in [-0.4, -0.2) is 14.7 Å². The molecule has 0 aliphatic heterocycles. The Bertz CT molecular complexity index is 603. The summed E-state index contributed by atoms with van der Waals surface area (Å²) in [4.78, 5) is 22.5. The monoisotopic (exact) mass is 267 g/mol. The fourth-order valence-electron chi connectivity index (χ4n) is 1.39. The van der Waals surface area contributed by atoms with E-state index >= 15 is 0 Å². The van der Waals surface area contributed by atoms with Gasteiger partial charge >= 0.3 is 5.97 Å². The predicted molar refractivity (Wildman–Crippen MR) is 59.5 cm³/mol. The zero-order valence-electron chi connectivity index (χ0n) is 7.48. The first-order valence-electron chi connectivity index (χ1n) is 4.15. The summed E-state index contributed by atoms with van der Waals surface area (Å²) in [7, 11) is 0. The van der Waals surface area contributed by atoms with E-state index in [0.717, 1.165) is 0 Å². The molecule has 0 atom stereocenters. The first-order chi connectivity index (χ1) is 7.11. The van der Waals surface area contributed by atoms with Crippen LogP contribution in [0.5, 0.6) is 0 Å². The Labute approximate surface area is 93.1 Å². The molecule has 2 rings (SSSR count). The average molecular weight is 268 g/mol. The molecule has 0 amide bonds. The van der Waals surface area contributed by atoms with Crippen LogP contribution < -0.4 is 5.43 Å². The second-order valence-electron chi connectivity index (χ2n) is 3.01. The molecule has 0 bridgehead atoms. The lowest BCUT2D eigenvalue weighted by atomic mass is 10.1. The minimum atomic E-state index is -1.22. The van der Waals surface area contributed by atoms with Crippen molar-refractivity contribution in [1.29, 1.82) is 0 Å². The molecule has 1 aromatic heterocycles. The number of hydrogen-bond acceptors (Lipinski definition) is 2. The topological polar surface area (TPSA) is 59.3 Å². The summed E-state index contributed by atoms with van der Waals surface area (Å²) in [5, 5.41) is 9.20. The molecule has 4 nitrogen and oxygen atoms in total. The summed E-state index contributed by atoms with van der Waals surface area (Å²) in [6, 6.07) is 6.81. The third kappa shape index (κ3) is 1.55. The summed E-state index contributed by atoms with van der Waals surface area (Å²) >= 11 is 3.16. The number of halogens is 1. The molecule has 5 heteroatoms. The van der Waals surface area contributed by atoms with Gasteiger partial charge in [-0.15, -0.1) is 0 Å². The highest BCUT2D eigenvalue weighted by Gasteiger charge is 2.12. The molecule has 15 heavy (non-hydrogen) atoms. The number of hydrogen-bond donors (Lipinski definition) is 1. The number of benzene rings is 1. The van der Waals surface area contributed by atoms with Crippen molar-refractivity contribution in [2.75, 3.05) is 0 Å². The van der Waals surface area contributed by atoms with Crippen molar-refractivity contribution >= 4 is 33.0 Å². The van der Waals surface area contributed by atoms with Crippen molar-refractivity contribution < 1.29 is 9.90 Å². The van der Waals surface area contributed by atoms with E-state index in [9.17, 15) is 9.59 Å². The molecular weight excluding hydrogens is 262 g/mol. The number of aromatic nitrogens is 1. The van der Waals surface area contributed by atoms with Gasteiger partial charge in [-0.05, 0) is 12.1 Å². The number of pyridine rings is 1. The summed E-state index contributed by atoms with van der Waals surface area (Å²) < 4.78 is 1.45. The van der Waals surface area contributed by atoms with Crippen LogP contribution in [-0.2, 0) is 0 Å². The molecule has 0 saturated heterocycles. The quantitative estimate of drug-likeness (QED) is 0.858. The van der Waals surface area contributed by atoms with Gasteiger partial charge in [-0.3, -0.25) is 8.39 Å². The molecule has 0 unspecified atom stereocenters. The van der Waals surface area contributed by atoms with Gasteiger partial charge in [-0.2, -0.15) is 0 Å². The maximum atomic E-state index is 11.7. The van der Waals surface area contributed by atoms with Crippen molar-refractivity contribution in [3.05, 3.63) is 46.2 Å². The molecule has 76 valence electrons. The van der Waals surface area contributed by atoms with Crippen LogP contribution in [0.3, 0.4) is 0 Å². The molecule has 2 aromatic rings. The molecule has 0 saturated carbocycles. The Morgan fingerprint density at radius 2 is 2.00 bits per heavy atom. The molecule has 1 heterocycles. The van der Waals surface area contributed by atoms with Gasteiger partial charge in [0.25, 0.3) is 0 Å². The van der Waals surface area contributed by atoms with E-state index in [2.05, 4.69) is 16.1 Å². The minimum absolute atomic E-state index is 0.245. The highest BCUT2D eigenvalue weighted by Crippen LogP contribution is 2.13. The molecular formula is C10H6BrNO3. The van der Waals surface area contributed by atoms with Crippen LogP contribution in [0.2, 0.25) is 0 Å². The maximum Gasteiger partial charge on any atom is 0.341 e. The smallest absolute Gasteiger partial charge is 0.341 e. The zero-order valence-corrected chi connectivity index (χ0v) is 9.06. The highest BCUT2D eigenvalue weighted by molar-refractivity contribution is 9.08. The van der Waals surface area contributed by atoms with Crippen molar-refractivity contribution in [3.8, 4) is 0 Å².